The normalized spacial score (nSPS) is 13.9. The molecule has 0 saturated carbocycles. The van der Waals surface area contributed by atoms with Crippen LogP contribution in [0, 0.1) is 0 Å². The number of rotatable bonds is 17. The van der Waals surface area contributed by atoms with Gasteiger partial charge < -0.3 is 49.1 Å². The van der Waals surface area contributed by atoms with E-state index in [2.05, 4.69) is 20.9 Å². The summed E-state index contributed by atoms with van der Waals surface area (Å²) in [6.07, 6.45) is -0.774. The maximum atomic E-state index is 12.6. The zero-order valence-corrected chi connectivity index (χ0v) is 19.4. The number of carboxylic acids is 2. The van der Waals surface area contributed by atoms with E-state index in [1.807, 2.05) is 0 Å². The fourth-order valence-corrected chi connectivity index (χ4v) is 2.68. The Balaban J connectivity index is 5.09. The third-order valence-corrected chi connectivity index (χ3v) is 4.63. The highest BCUT2D eigenvalue weighted by Gasteiger charge is 2.28. The quantitative estimate of drug-likeness (QED) is 0.0525. The van der Waals surface area contributed by atoms with Crippen LogP contribution in [-0.2, 0) is 28.8 Å². The Morgan fingerprint density at radius 3 is 1.91 bits per heavy atom. The van der Waals surface area contributed by atoms with Gasteiger partial charge in [-0.15, -0.1) is 0 Å². The van der Waals surface area contributed by atoms with Crippen molar-refractivity contribution in [1.82, 2.24) is 16.0 Å². The lowest BCUT2D eigenvalue weighted by molar-refractivity contribution is -0.142. The van der Waals surface area contributed by atoms with E-state index in [0.29, 0.717) is 0 Å². The molecule has 0 aliphatic heterocycles. The molecule has 0 aliphatic rings. The van der Waals surface area contributed by atoms with Crippen LogP contribution in [0.15, 0.2) is 4.99 Å². The van der Waals surface area contributed by atoms with E-state index in [9.17, 15) is 33.9 Å². The number of carboxylic acid groups (broad SMARTS) is 2. The summed E-state index contributed by atoms with van der Waals surface area (Å²) in [7, 11) is 0. The Morgan fingerprint density at radius 1 is 0.800 bits per heavy atom. The van der Waals surface area contributed by atoms with Gasteiger partial charge in [-0.25, -0.2) is 4.79 Å². The van der Waals surface area contributed by atoms with Gasteiger partial charge in [-0.05, 0) is 32.6 Å². The zero-order valence-electron chi connectivity index (χ0n) is 19.4. The third kappa shape index (κ3) is 14.0. The monoisotopic (exact) mass is 502 g/mol. The molecule has 4 atom stereocenters. The van der Waals surface area contributed by atoms with Crippen LogP contribution in [0.2, 0.25) is 0 Å². The summed E-state index contributed by atoms with van der Waals surface area (Å²) >= 11 is 0. The van der Waals surface area contributed by atoms with Crippen LogP contribution in [0.3, 0.4) is 0 Å². The van der Waals surface area contributed by atoms with Crippen molar-refractivity contribution < 1.29 is 39.0 Å². The first-order chi connectivity index (χ1) is 16.2. The first-order valence-corrected chi connectivity index (χ1v) is 10.7. The maximum absolute atomic E-state index is 12.6. The number of nitrogens with one attached hydrogen (secondary N) is 3. The number of aliphatic carboxylic acids is 2. The summed E-state index contributed by atoms with van der Waals surface area (Å²) in [6, 6.07) is -5.02. The molecular formula is C19H34N8O8. The van der Waals surface area contributed by atoms with E-state index in [-0.39, 0.29) is 51.0 Å². The number of nitrogens with two attached hydrogens (primary N) is 4. The zero-order chi connectivity index (χ0) is 27.1. The van der Waals surface area contributed by atoms with Crippen molar-refractivity contribution in [2.45, 2.75) is 69.6 Å². The molecule has 0 aliphatic carbocycles. The number of guanidine groups is 1. The molecule has 0 aromatic rings. The van der Waals surface area contributed by atoms with Crippen molar-refractivity contribution in [2.24, 2.45) is 27.9 Å². The number of hydrogen-bond acceptors (Lipinski definition) is 8. The second kappa shape index (κ2) is 15.8. The molecule has 0 heterocycles. The maximum Gasteiger partial charge on any atom is 0.326 e. The fraction of sp³-hybridized carbons (Fsp3) is 0.632. The van der Waals surface area contributed by atoms with E-state index < -0.39 is 59.7 Å². The van der Waals surface area contributed by atoms with Gasteiger partial charge in [0.25, 0.3) is 0 Å². The van der Waals surface area contributed by atoms with Gasteiger partial charge in [0.1, 0.15) is 18.1 Å². The van der Waals surface area contributed by atoms with Gasteiger partial charge in [-0.3, -0.25) is 29.0 Å². The highest BCUT2D eigenvalue weighted by Crippen LogP contribution is 2.03. The molecule has 0 fully saturated rings. The van der Waals surface area contributed by atoms with Crippen molar-refractivity contribution in [1.29, 1.82) is 0 Å². The predicted molar refractivity (Wildman–Crippen MR) is 122 cm³/mol. The van der Waals surface area contributed by atoms with Gasteiger partial charge in [-0.1, -0.05) is 0 Å². The fourth-order valence-electron chi connectivity index (χ4n) is 2.68. The number of nitrogens with zero attached hydrogens (tertiary/aromatic N) is 1. The van der Waals surface area contributed by atoms with Crippen molar-refractivity contribution in [3.05, 3.63) is 0 Å². The first-order valence-electron chi connectivity index (χ1n) is 10.7. The van der Waals surface area contributed by atoms with E-state index in [1.54, 1.807) is 0 Å². The molecule has 0 aromatic heterocycles. The largest absolute Gasteiger partial charge is 0.481 e. The SMILES string of the molecule is CC(NC(=O)C(CCC(N)=O)NC(=O)C(N)CCC(=O)O)C(=O)NC(CCCN=C(N)N)C(=O)O. The molecule has 16 heteroatoms. The van der Waals surface area contributed by atoms with Crippen LogP contribution in [0.25, 0.3) is 0 Å². The number of primary amides is 1. The molecule has 4 amide bonds. The Hall–Kier alpha value is -3.95. The lowest BCUT2D eigenvalue weighted by Crippen LogP contribution is -2.56. The summed E-state index contributed by atoms with van der Waals surface area (Å²) in [5, 5.41) is 24.9. The number of aliphatic imine (C=N–C) groups is 1. The second-order valence-electron chi connectivity index (χ2n) is 7.68. The molecular weight excluding hydrogens is 468 g/mol. The molecule has 0 rings (SSSR count). The lowest BCUT2D eigenvalue weighted by Gasteiger charge is -2.23. The van der Waals surface area contributed by atoms with Crippen LogP contribution in [0.4, 0.5) is 0 Å². The summed E-state index contributed by atoms with van der Waals surface area (Å²) in [5.74, 6) is -5.87. The average Bonchev–Trinajstić information content (AvgIpc) is 2.75. The number of carbonyl (C=O) groups is 6. The van der Waals surface area contributed by atoms with Crippen LogP contribution >= 0.6 is 0 Å². The molecule has 35 heavy (non-hydrogen) atoms. The topological polar surface area (TPSA) is 295 Å². The molecule has 198 valence electrons. The Bertz CT molecular complexity index is 815. The number of hydrogen-bond donors (Lipinski definition) is 9. The van der Waals surface area contributed by atoms with Gasteiger partial charge in [0, 0.05) is 19.4 Å². The lowest BCUT2D eigenvalue weighted by atomic mass is 10.1. The van der Waals surface area contributed by atoms with E-state index in [0.717, 1.165) is 0 Å². The van der Waals surface area contributed by atoms with Gasteiger partial charge in [-0.2, -0.15) is 0 Å². The standard InChI is InChI=1S/C19H34N8O8/c1-9(15(31)27-12(18(34)35)3-2-8-24-19(22)23)25-17(33)11(5-6-13(21)28)26-16(32)10(20)4-7-14(29)30/h9-12H,2-8,20H2,1H3,(H2,21,28)(H,25,33)(H,26,32)(H,27,31)(H,29,30)(H,34,35)(H4,22,23,24). The van der Waals surface area contributed by atoms with Crippen molar-refractivity contribution in [3.8, 4) is 0 Å². The van der Waals surface area contributed by atoms with E-state index >= 15 is 0 Å². The summed E-state index contributed by atoms with van der Waals surface area (Å²) in [5.41, 5.74) is 21.1. The molecule has 16 nitrogen and oxygen atoms in total. The molecule has 4 unspecified atom stereocenters. The van der Waals surface area contributed by atoms with E-state index in [4.69, 9.17) is 28.0 Å². The van der Waals surface area contributed by atoms with Crippen LogP contribution in [0.1, 0.15) is 45.4 Å². The van der Waals surface area contributed by atoms with Crippen LogP contribution in [0.5, 0.6) is 0 Å². The van der Waals surface area contributed by atoms with Crippen LogP contribution in [-0.4, -0.2) is 82.5 Å². The smallest absolute Gasteiger partial charge is 0.326 e. The van der Waals surface area contributed by atoms with Crippen molar-refractivity contribution in [2.75, 3.05) is 6.54 Å². The Kier molecular flexibility index (Phi) is 14.0. The highest BCUT2D eigenvalue weighted by molar-refractivity contribution is 5.94. The highest BCUT2D eigenvalue weighted by atomic mass is 16.4. The van der Waals surface area contributed by atoms with Crippen molar-refractivity contribution >= 4 is 41.5 Å². The van der Waals surface area contributed by atoms with Crippen molar-refractivity contribution in [3.63, 3.8) is 0 Å². The minimum atomic E-state index is -1.31. The summed E-state index contributed by atoms with van der Waals surface area (Å²) in [6.45, 7) is 1.45. The minimum Gasteiger partial charge on any atom is -0.481 e. The molecule has 0 radical (unpaired) electrons. The molecule has 0 spiro atoms. The van der Waals surface area contributed by atoms with E-state index in [1.165, 1.54) is 6.92 Å². The van der Waals surface area contributed by atoms with Gasteiger partial charge >= 0.3 is 11.9 Å². The Morgan fingerprint density at radius 2 is 1.40 bits per heavy atom. The molecule has 0 saturated heterocycles. The number of amides is 4. The number of carbonyl (C=O) groups excluding carboxylic acids is 4. The second-order valence-corrected chi connectivity index (χ2v) is 7.68. The Labute approximate surface area is 201 Å². The molecule has 0 bridgehead atoms. The average molecular weight is 503 g/mol. The third-order valence-electron chi connectivity index (χ3n) is 4.63. The summed E-state index contributed by atoms with van der Waals surface area (Å²) in [4.78, 5) is 74.2. The summed E-state index contributed by atoms with van der Waals surface area (Å²) < 4.78 is 0. The molecule has 0 aromatic carbocycles. The van der Waals surface area contributed by atoms with Crippen LogP contribution < -0.4 is 38.9 Å². The molecule has 13 N–H and O–H groups in total. The first kappa shape index (κ1) is 31.0. The predicted octanol–water partition coefficient (Wildman–Crippen LogP) is -3.94. The minimum absolute atomic E-state index is 0.0179. The van der Waals surface area contributed by atoms with Gasteiger partial charge in [0.2, 0.25) is 23.6 Å². The van der Waals surface area contributed by atoms with Gasteiger partial charge in [0.05, 0.1) is 6.04 Å². The van der Waals surface area contributed by atoms with Gasteiger partial charge in [0.15, 0.2) is 5.96 Å².